The second kappa shape index (κ2) is 5.95. The minimum atomic E-state index is -1.04. The first-order valence-electron chi connectivity index (χ1n) is 5.79. The van der Waals surface area contributed by atoms with E-state index in [0.29, 0.717) is 6.54 Å². The monoisotopic (exact) mass is 270 g/mol. The minimum Gasteiger partial charge on any atom is -0.481 e. The van der Waals surface area contributed by atoms with Gasteiger partial charge < -0.3 is 10.4 Å². The van der Waals surface area contributed by atoms with Crippen LogP contribution in [0.25, 0.3) is 0 Å². The summed E-state index contributed by atoms with van der Waals surface area (Å²) in [6.45, 7) is 5.48. The van der Waals surface area contributed by atoms with Crippen molar-refractivity contribution in [1.29, 1.82) is 0 Å². The summed E-state index contributed by atoms with van der Waals surface area (Å²) < 4.78 is 0. The van der Waals surface area contributed by atoms with Gasteiger partial charge >= 0.3 is 5.97 Å². The lowest BCUT2D eigenvalue weighted by atomic mass is 9.89. The normalized spacial score (nSPS) is 11.3. The molecule has 2 N–H and O–H groups in total. The Morgan fingerprint density at radius 3 is 2.67 bits per heavy atom. The van der Waals surface area contributed by atoms with Crippen LogP contribution in [0.5, 0.6) is 0 Å². The smallest absolute Gasteiger partial charge is 0.309 e. The highest BCUT2D eigenvalue weighted by molar-refractivity contribution is 7.11. The zero-order valence-corrected chi connectivity index (χ0v) is 11.6. The largest absolute Gasteiger partial charge is 0.481 e. The van der Waals surface area contributed by atoms with E-state index in [-0.39, 0.29) is 12.3 Å². The first kappa shape index (κ1) is 14.6. The fraction of sp³-hybridized carbons (Fsp3) is 0.583. The van der Waals surface area contributed by atoms with E-state index in [0.717, 1.165) is 11.4 Å². The maximum Gasteiger partial charge on any atom is 0.309 e. The fourth-order valence-electron chi connectivity index (χ4n) is 1.31. The summed E-state index contributed by atoms with van der Waals surface area (Å²) in [5.41, 5.74) is -1.04. The van der Waals surface area contributed by atoms with E-state index in [1.165, 1.54) is 18.7 Å². The number of carboxylic acid groups (broad SMARTS) is 1. The van der Waals surface area contributed by atoms with Crippen molar-refractivity contribution in [2.24, 2.45) is 5.41 Å². The van der Waals surface area contributed by atoms with Crippen LogP contribution >= 0.6 is 11.3 Å². The highest BCUT2D eigenvalue weighted by atomic mass is 32.1. The molecule has 0 aromatic carbocycles. The van der Waals surface area contributed by atoms with Crippen LogP contribution in [-0.2, 0) is 22.6 Å². The molecule has 18 heavy (non-hydrogen) atoms. The number of hydrogen-bond donors (Lipinski definition) is 2. The summed E-state index contributed by atoms with van der Waals surface area (Å²) in [5, 5.41) is 12.5. The van der Waals surface area contributed by atoms with Crippen LogP contribution in [0.4, 0.5) is 0 Å². The van der Waals surface area contributed by atoms with Gasteiger partial charge in [-0.15, -0.1) is 11.3 Å². The summed E-state index contributed by atoms with van der Waals surface area (Å²) in [7, 11) is 0. The van der Waals surface area contributed by atoms with Crippen LogP contribution in [0.2, 0.25) is 0 Å². The van der Waals surface area contributed by atoms with Gasteiger partial charge in [-0.2, -0.15) is 0 Å². The number of aliphatic carboxylic acids is 1. The van der Waals surface area contributed by atoms with E-state index in [1.807, 2.05) is 6.92 Å². The number of nitrogens with zero attached hydrogens (tertiary/aromatic N) is 1. The zero-order chi connectivity index (χ0) is 13.8. The molecule has 1 heterocycles. The van der Waals surface area contributed by atoms with Crippen LogP contribution in [0.15, 0.2) is 6.20 Å². The molecule has 0 fully saturated rings. The van der Waals surface area contributed by atoms with Crippen molar-refractivity contribution >= 4 is 23.2 Å². The Balaban J connectivity index is 2.44. The molecule has 0 spiro atoms. The third-order valence-corrected chi connectivity index (χ3v) is 3.71. The predicted octanol–water partition coefficient (Wildman–Crippen LogP) is 1.82. The van der Waals surface area contributed by atoms with Crippen LogP contribution in [-0.4, -0.2) is 22.0 Å². The molecular formula is C12H18N2O3S. The Labute approximate surface area is 110 Å². The zero-order valence-electron chi connectivity index (χ0n) is 10.8. The van der Waals surface area contributed by atoms with Crippen molar-refractivity contribution in [1.82, 2.24) is 10.3 Å². The molecule has 0 aliphatic rings. The molecule has 1 amide bonds. The number of carboxylic acids is 1. The van der Waals surface area contributed by atoms with Crippen LogP contribution in [0, 0.1) is 5.41 Å². The van der Waals surface area contributed by atoms with Gasteiger partial charge in [-0.1, -0.05) is 6.92 Å². The van der Waals surface area contributed by atoms with E-state index < -0.39 is 11.4 Å². The number of rotatable bonds is 6. The number of aryl methyl sites for hydroxylation is 1. The van der Waals surface area contributed by atoms with Gasteiger partial charge in [0.05, 0.1) is 12.0 Å². The van der Waals surface area contributed by atoms with E-state index in [9.17, 15) is 9.59 Å². The van der Waals surface area contributed by atoms with Gasteiger partial charge in [-0.05, 0) is 20.3 Å². The van der Waals surface area contributed by atoms with E-state index in [1.54, 1.807) is 17.5 Å². The highest BCUT2D eigenvalue weighted by Gasteiger charge is 2.29. The van der Waals surface area contributed by atoms with E-state index in [2.05, 4.69) is 10.3 Å². The molecule has 1 rings (SSSR count). The van der Waals surface area contributed by atoms with Crippen LogP contribution in [0.1, 0.15) is 37.1 Å². The van der Waals surface area contributed by atoms with Crippen LogP contribution in [0.3, 0.4) is 0 Å². The number of thiazole rings is 1. The van der Waals surface area contributed by atoms with Gasteiger partial charge in [0.15, 0.2) is 0 Å². The summed E-state index contributed by atoms with van der Waals surface area (Å²) in [6.07, 6.45) is 2.69. The summed E-state index contributed by atoms with van der Waals surface area (Å²) in [6, 6.07) is 0. The first-order valence-corrected chi connectivity index (χ1v) is 6.60. The molecule has 0 saturated heterocycles. The first-order chi connectivity index (χ1) is 8.35. The van der Waals surface area contributed by atoms with Crippen molar-refractivity contribution in [2.45, 2.75) is 40.2 Å². The highest BCUT2D eigenvalue weighted by Crippen LogP contribution is 2.20. The average Bonchev–Trinajstić information content (AvgIpc) is 2.73. The summed E-state index contributed by atoms with van der Waals surface area (Å²) in [5.74, 6) is -1.24. The fourth-order valence-corrected chi connectivity index (χ4v) is 2.11. The summed E-state index contributed by atoms with van der Waals surface area (Å²) >= 11 is 1.56. The molecule has 0 bridgehead atoms. The molecule has 0 radical (unpaired) electrons. The SMILES string of the molecule is CCc1cnc(CNC(=O)CC(C)(C)C(=O)O)s1. The van der Waals surface area contributed by atoms with Crippen molar-refractivity contribution in [3.05, 3.63) is 16.1 Å². The maximum atomic E-state index is 11.6. The Morgan fingerprint density at radius 2 is 2.17 bits per heavy atom. The minimum absolute atomic E-state index is 0.0334. The van der Waals surface area contributed by atoms with Crippen molar-refractivity contribution in [3.8, 4) is 0 Å². The Bertz CT molecular complexity index is 440. The van der Waals surface area contributed by atoms with Gasteiger partial charge in [0.1, 0.15) is 5.01 Å². The van der Waals surface area contributed by atoms with Gasteiger partial charge in [-0.25, -0.2) is 4.98 Å². The Hall–Kier alpha value is -1.43. The topological polar surface area (TPSA) is 79.3 Å². The lowest BCUT2D eigenvalue weighted by Gasteiger charge is -2.17. The van der Waals surface area contributed by atoms with E-state index in [4.69, 9.17) is 5.11 Å². The molecule has 0 aliphatic heterocycles. The third-order valence-electron chi connectivity index (χ3n) is 2.57. The van der Waals surface area contributed by atoms with Crippen molar-refractivity contribution in [3.63, 3.8) is 0 Å². The van der Waals surface area contributed by atoms with E-state index >= 15 is 0 Å². The molecule has 1 aromatic rings. The quantitative estimate of drug-likeness (QED) is 0.826. The number of amides is 1. The molecule has 1 aromatic heterocycles. The average molecular weight is 270 g/mol. The number of carbonyl (C=O) groups is 2. The van der Waals surface area contributed by atoms with Gasteiger partial charge in [0.25, 0.3) is 0 Å². The van der Waals surface area contributed by atoms with Crippen molar-refractivity contribution in [2.75, 3.05) is 0 Å². The van der Waals surface area contributed by atoms with Crippen molar-refractivity contribution < 1.29 is 14.7 Å². The molecule has 100 valence electrons. The second-order valence-corrected chi connectivity index (χ2v) is 5.92. The lowest BCUT2D eigenvalue weighted by molar-refractivity contribution is -0.149. The third kappa shape index (κ3) is 4.10. The molecule has 6 heteroatoms. The molecule has 0 aliphatic carbocycles. The molecule has 0 atom stereocenters. The molecule has 0 saturated carbocycles. The van der Waals surface area contributed by atoms with Gasteiger partial charge in [0.2, 0.25) is 5.91 Å². The molecular weight excluding hydrogens is 252 g/mol. The molecule has 0 unspecified atom stereocenters. The molecule has 5 nitrogen and oxygen atoms in total. The number of aromatic nitrogens is 1. The van der Waals surface area contributed by atoms with Crippen LogP contribution < -0.4 is 5.32 Å². The predicted molar refractivity (Wildman–Crippen MR) is 69.4 cm³/mol. The van der Waals surface area contributed by atoms with Gasteiger partial charge in [0, 0.05) is 17.5 Å². The Morgan fingerprint density at radius 1 is 1.50 bits per heavy atom. The maximum absolute atomic E-state index is 11.6. The number of carbonyl (C=O) groups excluding carboxylic acids is 1. The Kier molecular flexibility index (Phi) is 4.84. The number of hydrogen-bond acceptors (Lipinski definition) is 4. The number of nitrogens with one attached hydrogen (secondary N) is 1. The standard InChI is InChI=1S/C12H18N2O3S/c1-4-8-6-14-10(18-8)7-13-9(15)5-12(2,3)11(16)17/h6H,4-5,7H2,1-3H3,(H,13,15)(H,16,17). The lowest BCUT2D eigenvalue weighted by Crippen LogP contribution is -2.33. The summed E-state index contributed by atoms with van der Waals surface area (Å²) in [4.78, 5) is 27.8. The van der Waals surface area contributed by atoms with Gasteiger partial charge in [-0.3, -0.25) is 9.59 Å². The second-order valence-electron chi connectivity index (χ2n) is 4.72.